The second-order valence-corrected chi connectivity index (χ2v) is 5.86. The predicted octanol–water partition coefficient (Wildman–Crippen LogP) is 4.36. The molecule has 1 N–H and O–H groups in total. The molecule has 0 fully saturated rings. The van der Waals surface area contributed by atoms with E-state index in [-0.39, 0.29) is 16.9 Å². The average molecular weight is 390 g/mol. The first-order valence-electron chi connectivity index (χ1n) is 7.95. The molecule has 3 aromatic rings. The summed E-state index contributed by atoms with van der Waals surface area (Å²) in [4.78, 5) is 22.5. The van der Waals surface area contributed by atoms with Crippen LogP contribution in [0.1, 0.15) is 21.6 Å². The molecular formula is C18H13F3N4O3. The Kier molecular flexibility index (Phi) is 4.87. The van der Waals surface area contributed by atoms with Crippen molar-refractivity contribution in [2.45, 2.75) is 13.1 Å². The van der Waals surface area contributed by atoms with Gasteiger partial charge in [0.25, 0.3) is 11.6 Å². The smallest absolute Gasteiger partial charge is 0.322 e. The highest BCUT2D eigenvalue weighted by Gasteiger charge is 2.30. The summed E-state index contributed by atoms with van der Waals surface area (Å²) in [5.41, 5.74) is 0.0707. The van der Waals surface area contributed by atoms with Gasteiger partial charge in [0.05, 0.1) is 33.6 Å². The summed E-state index contributed by atoms with van der Waals surface area (Å²) in [6.07, 6.45) is -3.25. The maximum Gasteiger partial charge on any atom is 0.416 e. The number of anilines is 1. The fraction of sp³-hybridized carbons (Fsp3) is 0.111. The maximum atomic E-state index is 12.9. The number of nitrogens with one attached hydrogen (secondary N) is 1. The van der Waals surface area contributed by atoms with Gasteiger partial charge in [0.1, 0.15) is 0 Å². The zero-order chi connectivity index (χ0) is 20.5. The summed E-state index contributed by atoms with van der Waals surface area (Å²) in [7, 11) is 0. The van der Waals surface area contributed by atoms with E-state index in [1.165, 1.54) is 47.3 Å². The number of amides is 1. The number of nitro groups is 1. The van der Waals surface area contributed by atoms with Crippen molar-refractivity contribution in [2.75, 3.05) is 5.32 Å². The number of hydrogen-bond acceptors (Lipinski definition) is 4. The second-order valence-electron chi connectivity index (χ2n) is 5.86. The molecule has 0 spiro atoms. The van der Waals surface area contributed by atoms with Gasteiger partial charge in [-0.2, -0.15) is 18.3 Å². The standard InChI is InChI=1S/C18H13F3N4O3/c1-11-16(17(26)23-13-5-7-14(8-6-13)25(27)28)10-22-24(11)15-4-2-3-12(9-15)18(19,20)21/h2-10H,1H3,(H,23,26). The molecule has 0 aliphatic heterocycles. The molecule has 7 nitrogen and oxygen atoms in total. The first-order chi connectivity index (χ1) is 13.2. The summed E-state index contributed by atoms with van der Waals surface area (Å²) in [6, 6.07) is 9.85. The Morgan fingerprint density at radius 1 is 1.18 bits per heavy atom. The number of nitro benzene ring substituents is 1. The molecule has 0 unspecified atom stereocenters. The second kappa shape index (κ2) is 7.14. The molecule has 3 rings (SSSR count). The molecule has 2 aromatic carbocycles. The molecule has 0 radical (unpaired) electrons. The lowest BCUT2D eigenvalue weighted by Crippen LogP contribution is -2.13. The van der Waals surface area contributed by atoms with Crippen LogP contribution in [0.4, 0.5) is 24.5 Å². The Morgan fingerprint density at radius 2 is 1.86 bits per heavy atom. The lowest BCUT2D eigenvalue weighted by Gasteiger charge is -2.10. The van der Waals surface area contributed by atoms with Crippen molar-refractivity contribution in [1.82, 2.24) is 9.78 Å². The number of halogens is 3. The topological polar surface area (TPSA) is 90.1 Å². The predicted molar refractivity (Wildman–Crippen MR) is 94.4 cm³/mol. The quantitative estimate of drug-likeness (QED) is 0.529. The number of nitrogens with zero attached hydrogens (tertiary/aromatic N) is 3. The number of carbonyl (C=O) groups is 1. The van der Waals surface area contributed by atoms with Crippen molar-refractivity contribution < 1.29 is 22.9 Å². The van der Waals surface area contributed by atoms with Gasteiger partial charge in [0.15, 0.2) is 0 Å². The van der Waals surface area contributed by atoms with Gasteiger partial charge >= 0.3 is 6.18 Å². The van der Waals surface area contributed by atoms with E-state index in [9.17, 15) is 28.1 Å². The van der Waals surface area contributed by atoms with Gasteiger partial charge in [-0.15, -0.1) is 0 Å². The number of carbonyl (C=O) groups excluding carboxylic acids is 1. The Labute approximate surface area is 156 Å². The zero-order valence-corrected chi connectivity index (χ0v) is 14.4. The third-order valence-electron chi connectivity index (χ3n) is 4.01. The highest BCUT2D eigenvalue weighted by atomic mass is 19.4. The number of alkyl halides is 3. The van der Waals surface area contributed by atoms with Crippen molar-refractivity contribution in [3.05, 3.63) is 81.7 Å². The SMILES string of the molecule is Cc1c(C(=O)Nc2ccc([N+](=O)[O-])cc2)cnn1-c1cccc(C(F)(F)F)c1. The largest absolute Gasteiger partial charge is 0.416 e. The number of rotatable bonds is 4. The fourth-order valence-electron chi connectivity index (χ4n) is 2.57. The fourth-order valence-corrected chi connectivity index (χ4v) is 2.57. The molecule has 0 saturated heterocycles. The maximum absolute atomic E-state index is 12.9. The van der Waals surface area contributed by atoms with Crippen LogP contribution in [0.25, 0.3) is 5.69 Å². The summed E-state index contributed by atoms with van der Waals surface area (Å²) >= 11 is 0. The first-order valence-corrected chi connectivity index (χ1v) is 7.95. The van der Waals surface area contributed by atoms with E-state index in [1.54, 1.807) is 6.92 Å². The van der Waals surface area contributed by atoms with Crippen LogP contribution in [0.2, 0.25) is 0 Å². The van der Waals surface area contributed by atoms with E-state index < -0.39 is 22.6 Å². The summed E-state index contributed by atoms with van der Waals surface area (Å²) < 4.78 is 39.9. The highest BCUT2D eigenvalue weighted by Crippen LogP contribution is 2.30. The number of non-ortho nitro benzene ring substituents is 1. The summed E-state index contributed by atoms with van der Waals surface area (Å²) in [5.74, 6) is -0.537. The minimum atomic E-state index is -4.49. The number of aromatic nitrogens is 2. The zero-order valence-electron chi connectivity index (χ0n) is 14.4. The van der Waals surface area contributed by atoms with Crippen molar-refractivity contribution in [3.8, 4) is 5.69 Å². The van der Waals surface area contributed by atoms with Crippen molar-refractivity contribution >= 4 is 17.3 Å². The third-order valence-corrected chi connectivity index (χ3v) is 4.01. The van der Waals surface area contributed by atoms with Gasteiger partial charge in [0, 0.05) is 17.8 Å². The van der Waals surface area contributed by atoms with Gasteiger partial charge in [-0.25, -0.2) is 4.68 Å². The molecule has 1 heterocycles. The van der Waals surface area contributed by atoms with E-state index in [1.807, 2.05) is 0 Å². The van der Waals surface area contributed by atoms with Crippen molar-refractivity contribution in [3.63, 3.8) is 0 Å². The van der Waals surface area contributed by atoms with Crippen LogP contribution in [0.3, 0.4) is 0 Å². The van der Waals surface area contributed by atoms with E-state index >= 15 is 0 Å². The highest BCUT2D eigenvalue weighted by molar-refractivity contribution is 6.05. The van der Waals surface area contributed by atoms with Gasteiger partial charge < -0.3 is 5.32 Å². The third kappa shape index (κ3) is 3.85. The molecule has 0 atom stereocenters. The van der Waals surface area contributed by atoms with Crippen LogP contribution >= 0.6 is 0 Å². The van der Waals surface area contributed by atoms with Gasteiger partial charge in [-0.05, 0) is 37.3 Å². The Morgan fingerprint density at radius 3 is 2.46 bits per heavy atom. The molecule has 10 heteroatoms. The van der Waals surface area contributed by atoms with E-state index in [4.69, 9.17) is 0 Å². The van der Waals surface area contributed by atoms with Crippen LogP contribution in [-0.2, 0) is 6.18 Å². The normalized spacial score (nSPS) is 11.3. The molecule has 28 heavy (non-hydrogen) atoms. The van der Waals surface area contributed by atoms with Crippen LogP contribution in [0, 0.1) is 17.0 Å². The minimum absolute atomic E-state index is 0.119. The van der Waals surface area contributed by atoms with Gasteiger partial charge in [0.2, 0.25) is 0 Å². The Balaban J connectivity index is 1.84. The number of benzene rings is 2. The van der Waals surface area contributed by atoms with E-state index in [2.05, 4.69) is 10.4 Å². The van der Waals surface area contributed by atoms with Crippen LogP contribution in [-0.4, -0.2) is 20.6 Å². The van der Waals surface area contributed by atoms with Gasteiger partial charge in [-0.3, -0.25) is 14.9 Å². The van der Waals surface area contributed by atoms with E-state index in [0.29, 0.717) is 11.4 Å². The Hall–Kier alpha value is -3.69. The summed E-state index contributed by atoms with van der Waals surface area (Å²) in [6.45, 7) is 1.55. The Bertz CT molecular complexity index is 1040. The molecule has 144 valence electrons. The van der Waals surface area contributed by atoms with Crippen LogP contribution in [0.5, 0.6) is 0 Å². The van der Waals surface area contributed by atoms with Crippen molar-refractivity contribution in [2.24, 2.45) is 0 Å². The molecular weight excluding hydrogens is 377 g/mol. The van der Waals surface area contributed by atoms with Gasteiger partial charge in [-0.1, -0.05) is 6.07 Å². The lowest BCUT2D eigenvalue weighted by molar-refractivity contribution is -0.384. The first kappa shape index (κ1) is 19.1. The molecule has 1 amide bonds. The molecule has 0 bridgehead atoms. The number of hydrogen-bond donors (Lipinski definition) is 1. The summed E-state index contributed by atoms with van der Waals surface area (Å²) in [5, 5.41) is 17.2. The van der Waals surface area contributed by atoms with Crippen LogP contribution < -0.4 is 5.32 Å². The monoisotopic (exact) mass is 390 g/mol. The molecule has 0 saturated carbocycles. The molecule has 1 aromatic heterocycles. The minimum Gasteiger partial charge on any atom is -0.322 e. The van der Waals surface area contributed by atoms with E-state index in [0.717, 1.165) is 12.1 Å². The van der Waals surface area contributed by atoms with Crippen molar-refractivity contribution in [1.29, 1.82) is 0 Å². The lowest BCUT2D eigenvalue weighted by atomic mass is 10.2. The molecule has 0 aliphatic rings. The van der Waals surface area contributed by atoms with Crippen LogP contribution in [0.15, 0.2) is 54.7 Å². The average Bonchev–Trinajstić information content (AvgIpc) is 3.03. The molecule has 0 aliphatic carbocycles.